The third-order valence-electron chi connectivity index (χ3n) is 2.27. The van der Waals surface area contributed by atoms with E-state index in [0.717, 1.165) is 12.8 Å². The predicted octanol–water partition coefficient (Wildman–Crippen LogP) is 2.55. The van der Waals surface area contributed by atoms with Gasteiger partial charge in [0.2, 0.25) is 0 Å². The van der Waals surface area contributed by atoms with Gasteiger partial charge < -0.3 is 14.2 Å². The first-order valence-electron chi connectivity index (χ1n) is 4.90. The number of hydrogen-bond acceptors (Lipinski definition) is 3. The molecule has 0 aliphatic carbocycles. The number of hydrogen-bond donors (Lipinski definition) is 0. The van der Waals surface area contributed by atoms with Crippen molar-refractivity contribution in [2.75, 3.05) is 21.3 Å². The fourth-order valence-corrected chi connectivity index (χ4v) is 1.32. The lowest BCUT2D eigenvalue weighted by Crippen LogP contribution is -2.35. The summed E-state index contributed by atoms with van der Waals surface area (Å²) in [6, 6.07) is 0. The number of rotatable bonds is 8. The van der Waals surface area contributed by atoms with Crippen LogP contribution in [0.1, 0.15) is 39.0 Å². The Labute approximate surface area is 81.4 Å². The highest BCUT2D eigenvalue weighted by Crippen LogP contribution is 2.20. The molecular formula is C10H22O3. The van der Waals surface area contributed by atoms with E-state index >= 15 is 0 Å². The molecule has 0 unspecified atom stereocenters. The van der Waals surface area contributed by atoms with Crippen LogP contribution >= 0.6 is 0 Å². The average Bonchev–Trinajstić information content (AvgIpc) is 2.20. The Kier molecular flexibility index (Phi) is 7.23. The lowest BCUT2D eigenvalue weighted by atomic mass is 10.1. The molecule has 0 aliphatic heterocycles. The summed E-state index contributed by atoms with van der Waals surface area (Å²) in [4.78, 5) is 0. The van der Waals surface area contributed by atoms with Crippen molar-refractivity contribution in [3.8, 4) is 0 Å². The van der Waals surface area contributed by atoms with Crippen molar-refractivity contribution < 1.29 is 14.2 Å². The van der Waals surface area contributed by atoms with E-state index in [9.17, 15) is 0 Å². The lowest BCUT2D eigenvalue weighted by molar-refractivity contribution is -0.355. The monoisotopic (exact) mass is 190 g/mol. The molecule has 0 fully saturated rings. The first kappa shape index (κ1) is 12.9. The molecular weight excluding hydrogens is 168 g/mol. The molecule has 0 aliphatic rings. The van der Waals surface area contributed by atoms with Crippen molar-refractivity contribution in [3.63, 3.8) is 0 Å². The summed E-state index contributed by atoms with van der Waals surface area (Å²) in [5, 5.41) is 0. The molecule has 0 N–H and O–H groups in total. The topological polar surface area (TPSA) is 27.7 Å². The van der Waals surface area contributed by atoms with Gasteiger partial charge in [0.25, 0.3) is 5.97 Å². The van der Waals surface area contributed by atoms with Crippen LogP contribution in [0.4, 0.5) is 0 Å². The van der Waals surface area contributed by atoms with E-state index in [0.29, 0.717) is 0 Å². The molecule has 3 nitrogen and oxygen atoms in total. The van der Waals surface area contributed by atoms with E-state index in [-0.39, 0.29) is 0 Å². The fourth-order valence-electron chi connectivity index (χ4n) is 1.32. The molecule has 0 atom stereocenters. The van der Waals surface area contributed by atoms with Gasteiger partial charge in [0.15, 0.2) is 0 Å². The van der Waals surface area contributed by atoms with Gasteiger partial charge in [0.1, 0.15) is 0 Å². The molecule has 0 bridgehead atoms. The molecule has 3 heteroatoms. The minimum absolute atomic E-state index is 0.788. The van der Waals surface area contributed by atoms with E-state index < -0.39 is 5.97 Å². The van der Waals surface area contributed by atoms with Crippen molar-refractivity contribution in [1.29, 1.82) is 0 Å². The van der Waals surface area contributed by atoms with Gasteiger partial charge in [0.05, 0.1) is 0 Å². The molecule has 0 saturated carbocycles. The zero-order valence-electron chi connectivity index (χ0n) is 9.26. The van der Waals surface area contributed by atoms with Gasteiger partial charge >= 0.3 is 0 Å². The Hall–Kier alpha value is -0.120. The molecule has 0 rings (SSSR count). The molecule has 13 heavy (non-hydrogen) atoms. The zero-order chi connectivity index (χ0) is 10.2. The first-order valence-corrected chi connectivity index (χ1v) is 4.90. The van der Waals surface area contributed by atoms with Crippen LogP contribution in [0.25, 0.3) is 0 Å². The molecule has 0 heterocycles. The van der Waals surface area contributed by atoms with Gasteiger partial charge in [0, 0.05) is 27.8 Å². The largest absolute Gasteiger partial charge is 0.331 e. The fraction of sp³-hybridized carbons (Fsp3) is 1.00. The molecule has 80 valence electrons. The Bertz CT molecular complexity index is 102. The van der Waals surface area contributed by atoms with Gasteiger partial charge in [-0.25, -0.2) is 0 Å². The second-order valence-corrected chi connectivity index (χ2v) is 3.11. The van der Waals surface area contributed by atoms with Crippen molar-refractivity contribution in [1.82, 2.24) is 0 Å². The van der Waals surface area contributed by atoms with E-state index in [2.05, 4.69) is 6.92 Å². The van der Waals surface area contributed by atoms with Crippen molar-refractivity contribution in [3.05, 3.63) is 0 Å². The van der Waals surface area contributed by atoms with Crippen LogP contribution in [0.2, 0.25) is 0 Å². The van der Waals surface area contributed by atoms with Gasteiger partial charge in [-0.05, 0) is 6.42 Å². The van der Waals surface area contributed by atoms with Crippen LogP contribution in [0, 0.1) is 0 Å². The summed E-state index contributed by atoms with van der Waals surface area (Å²) >= 11 is 0. The standard InChI is InChI=1S/C10H22O3/c1-5-6-7-8-9-10(11-2,12-3)13-4/h5-9H2,1-4H3. The van der Waals surface area contributed by atoms with Crippen LogP contribution in [-0.2, 0) is 14.2 Å². The minimum atomic E-state index is -0.826. The Morgan fingerprint density at radius 1 is 0.846 bits per heavy atom. The molecule has 0 amide bonds. The molecule has 0 radical (unpaired) electrons. The van der Waals surface area contributed by atoms with E-state index in [1.807, 2.05) is 0 Å². The highest BCUT2D eigenvalue weighted by atomic mass is 16.9. The summed E-state index contributed by atoms with van der Waals surface area (Å²) in [5.41, 5.74) is 0. The Morgan fingerprint density at radius 2 is 1.38 bits per heavy atom. The average molecular weight is 190 g/mol. The SMILES string of the molecule is CCCCCCC(OC)(OC)OC. The summed E-state index contributed by atoms with van der Waals surface area (Å²) in [7, 11) is 4.81. The maximum atomic E-state index is 5.17. The van der Waals surface area contributed by atoms with E-state index in [1.54, 1.807) is 21.3 Å². The van der Waals surface area contributed by atoms with Crippen LogP contribution in [0.5, 0.6) is 0 Å². The Morgan fingerprint density at radius 3 is 1.77 bits per heavy atom. The molecule has 0 aromatic carbocycles. The highest BCUT2D eigenvalue weighted by Gasteiger charge is 2.28. The summed E-state index contributed by atoms with van der Waals surface area (Å²) in [5.74, 6) is -0.826. The maximum Gasteiger partial charge on any atom is 0.282 e. The third-order valence-corrected chi connectivity index (χ3v) is 2.27. The highest BCUT2D eigenvalue weighted by molar-refractivity contribution is 4.55. The summed E-state index contributed by atoms with van der Waals surface area (Å²) < 4.78 is 15.5. The van der Waals surface area contributed by atoms with Crippen LogP contribution in [0.15, 0.2) is 0 Å². The number of ether oxygens (including phenoxy) is 3. The summed E-state index contributed by atoms with van der Waals surface area (Å²) in [6.45, 7) is 2.19. The third kappa shape index (κ3) is 4.60. The van der Waals surface area contributed by atoms with Crippen molar-refractivity contribution in [2.24, 2.45) is 0 Å². The van der Waals surface area contributed by atoms with E-state index in [1.165, 1.54) is 19.3 Å². The number of methoxy groups -OCH3 is 3. The van der Waals surface area contributed by atoms with Gasteiger partial charge in [-0.2, -0.15) is 0 Å². The van der Waals surface area contributed by atoms with Gasteiger partial charge in [-0.1, -0.05) is 26.2 Å². The summed E-state index contributed by atoms with van der Waals surface area (Å²) in [6.07, 6.45) is 5.56. The second kappa shape index (κ2) is 7.30. The smallest absolute Gasteiger partial charge is 0.282 e. The molecule has 0 spiro atoms. The van der Waals surface area contributed by atoms with Gasteiger partial charge in [-0.15, -0.1) is 0 Å². The quantitative estimate of drug-likeness (QED) is 0.435. The van der Waals surface area contributed by atoms with Crippen molar-refractivity contribution in [2.45, 2.75) is 45.0 Å². The molecule has 0 saturated heterocycles. The van der Waals surface area contributed by atoms with Crippen LogP contribution < -0.4 is 0 Å². The molecule has 0 aromatic rings. The Balaban J connectivity index is 3.68. The van der Waals surface area contributed by atoms with Crippen LogP contribution in [-0.4, -0.2) is 27.3 Å². The maximum absolute atomic E-state index is 5.17. The normalized spacial score (nSPS) is 12.0. The second-order valence-electron chi connectivity index (χ2n) is 3.11. The zero-order valence-corrected chi connectivity index (χ0v) is 9.26. The van der Waals surface area contributed by atoms with E-state index in [4.69, 9.17) is 14.2 Å². The number of unbranched alkanes of at least 4 members (excludes halogenated alkanes) is 3. The van der Waals surface area contributed by atoms with Crippen LogP contribution in [0.3, 0.4) is 0 Å². The predicted molar refractivity (Wildman–Crippen MR) is 52.5 cm³/mol. The van der Waals surface area contributed by atoms with Gasteiger partial charge in [-0.3, -0.25) is 0 Å². The first-order chi connectivity index (χ1) is 6.24. The van der Waals surface area contributed by atoms with Crippen molar-refractivity contribution >= 4 is 0 Å². The lowest BCUT2D eigenvalue weighted by Gasteiger charge is -2.28. The molecule has 0 aromatic heterocycles. The minimum Gasteiger partial charge on any atom is -0.331 e.